The fraction of sp³-hybridized carbons (Fsp3) is 1.00. The molecule has 0 spiro atoms. The lowest BCUT2D eigenvalue weighted by Crippen LogP contribution is -2.39. The molecule has 3 heteroatoms. The molecule has 0 rings (SSSR count). The first-order valence-corrected chi connectivity index (χ1v) is 12.8. The predicted octanol–water partition coefficient (Wildman–Crippen LogP) is 4.94. The van der Waals surface area contributed by atoms with Gasteiger partial charge in [-0.05, 0) is 83.0 Å². The maximum Gasteiger partial charge on any atom is 0.108 e. The minimum atomic E-state index is 0.713. The molecule has 0 atom stereocenters. The van der Waals surface area contributed by atoms with Crippen LogP contribution in [0.4, 0.5) is 0 Å². The van der Waals surface area contributed by atoms with Crippen LogP contribution in [0, 0.1) is 0 Å². The van der Waals surface area contributed by atoms with Crippen LogP contribution in [0.2, 0.25) is 0 Å². The van der Waals surface area contributed by atoms with Crippen molar-refractivity contribution >= 4 is 10.9 Å². The average Bonchev–Trinajstić information content (AvgIpc) is 2.58. The van der Waals surface area contributed by atoms with Gasteiger partial charge in [-0.1, -0.05) is 0 Å². The molecule has 25 heavy (non-hydrogen) atoms. The van der Waals surface area contributed by atoms with Crippen LogP contribution in [0.5, 0.6) is 0 Å². The van der Waals surface area contributed by atoms with E-state index in [1.165, 1.54) is 104 Å². The Morgan fingerprint density at radius 2 is 0.880 bits per heavy atom. The highest BCUT2D eigenvalue weighted by Gasteiger charge is 2.15. The van der Waals surface area contributed by atoms with Gasteiger partial charge in [-0.15, -0.1) is 0 Å². The Labute approximate surface area is 163 Å². The lowest BCUT2D eigenvalue weighted by molar-refractivity contribution is -0.888. The van der Waals surface area contributed by atoms with E-state index in [1.54, 1.807) is 0 Å². The third-order valence-electron chi connectivity index (χ3n) is 6.01. The zero-order chi connectivity index (χ0) is 19.2. The van der Waals surface area contributed by atoms with Gasteiger partial charge in [0.25, 0.3) is 0 Å². The predicted molar refractivity (Wildman–Crippen MR) is 120 cm³/mol. The van der Waals surface area contributed by atoms with Crippen molar-refractivity contribution in [2.45, 2.75) is 72.1 Å². The van der Waals surface area contributed by atoms with Crippen molar-refractivity contribution in [3.8, 4) is 0 Å². The normalized spacial score (nSPS) is 13.0. The zero-order valence-electron chi connectivity index (χ0n) is 18.9. The molecule has 2 nitrogen and oxygen atoms in total. The fourth-order valence-electron chi connectivity index (χ4n) is 3.11. The second kappa shape index (κ2) is 14.3. The first kappa shape index (κ1) is 25.3. The molecule has 0 aliphatic rings. The summed E-state index contributed by atoms with van der Waals surface area (Å²) in [4.78, 5) is 0. The molecule has 0 aromatic rings. The molecule has 0 heterocycles. The maximum absolute atomic E-state index is 2.41. The number of nitrogens with zero attached hydrogens (tertiary/aromatic N) is 2. The summed E-state index contributed by atoms with van der Waals surface area (Å²) in [7, 11) is 10.1. The van der Waals surface area contributed by atoms with Crippen LogP contribution < -0.4 is 0 Å². The summed E-state index contributed by atoms with van der Waals surface area (Å²) in [6, 6.07) is 0. The van der Waals surface area contributed by atoms with Crippen molar-refractivity contribution in [3.63, 3.8) is 0 Å². The third kappa shape index (κ3) is 15.1. The maximum atomic E-state index is 2.41. The molecule has 152 valence electrons. The molecule has 0 fully saturated rings. The third-order valence-corrected chi connectivity index (χ3v) is 8.56. The molecule has 0 saturated carbocycles. The number of rotatable bonds is 17. The second-order valence-corrected chi connectivity index (χ2v) is 11.7. The Balaban J connectivity index is 3.57. The van der Waals surface area contributed by atoms with Gasteiger partial charge in [0.2, 0.25) is 0 Å². The van der Waals surface area contributed by atoms with E-state index in [0.29, 0.717) is 10.9 Å². The van der Waals surface area contributed by atoms with E-state index in [2.05, 4.69) is 49.0 Å². The van der Waals surface area contributed by atoms with Crippen molar-refractivity contribution in [1.29, 1.82) is 0 Å². The Bertz CT molecular complexity index is 274. The molecular weight excluding hydrogens is 324 g/mol. The van der Waals surface area contributed by atoms with Crippen LogP contribution in [-0.4, -0.2) is 80.6 Å². The summed E-state index contributed by atoms with van der Waals surface area (Å²) >= 11 is 0. The molecule has 0 unspecified atom stereocenters. The van der Waals surface area contributed by atoms with Gasteiger partial charge < -0.3 is 8.97 Å². The van der Waals surface area contributed by atoms with E-state index in [0.717, 1.165) is 0 Å². The fourth-order valence-corrected chi connectivity index (χ4v) is 5.11. The minimum absolute atomic E-state index is 0.713. The summed E-state index contributed by atoms with van der Waals surface area (Å²) < 4.78 is 2.38. The van der Waals surface area contributed by atoms with E-state index in [-0.39, 0.29) is 0 Å². The van der Waals surface area contributed by atoms with Crippen molar-refractivity contribution in [2.75, 3.05) is 71.6 Å². The van der Waals surface area contributed by atoms with Gasteiger partial charge in [0.15, 0.2) is 0 Å². The molecule has 0 aromatic carbocycles. The van der Waals surface area contributed by atoms with Crippen LogP contribution >= 0.6 is 0 Å². The zero-order valence-corrected chi connectivity index (χ0v) is 19.7. The Hall–Kier alpha value is 0.270. The van der Waals surface area contributed by atoms with Gasteiger partial charge in [-0.2, -0.15) is 0 Å². The Morgan fingerprint density at radius 3 is 1.20 bits per heavy atom. The van der Waals surface area contributed by atoms with Gasteiger partial charge in [0.05, 0.1) is 54.4 Å². The molecule has 0 bridgehead atoms. The largest absolute Gasteiger partial charge is 0.329 e. The highest BCUT2D eigenvalue weighted by Crippen LogP contribution is 2.11. The van der Waals surface area contributed by atoms with Gasteiger partial charge in [-0.3, -0.25) is 0 Å². The molecule has 0 aromatic heterocycles. The van der Waals surface area contributed by atoms with Crippen LogP contribution in [0.3, 0.4) is 0 Å². The average molecular weight is 376 g/mol. The van der Waals surface area contributed by atoms with Gasteiger partial charge in [-0.25, -0.2) is 0 Å². The number of unbranched alkanes of at least 4 members (excludes halogenated alkanes) is 6. The quantitative estimate of drug-likeness (QED) is 0.192. The summed E-state index contributed by atoms with van der Waals surface area (Å²) in [6.45, 7) is 12.2. The molecule has 0 amide bonds. The Kier molecular flexibility index (Phi) is 14.5. The standard InChI is InChI=1S/C22H51N2S/c1-8-23(4,5)19-15-11-13-17-21-25(10-3)22-18-14-12-16-20-24(6,7)9-2/h8-22H2,1-7H3/q+3. The molecular formula is C22H51N2S+3. The number of quaternary nitrogens is 2. The van der Waals surface area contributed by atoms with E-state index in [9.17, 15) is 0 Å². The molecule has 0 saturated heterocycles. The smallest absolute Gasteiger partial charge is 0.108 e. The lowest BCUT2D eigenvalue weighted by Gasteiger charge is -2.28. The van der Waals surface area contributed by atoms with E-state index in [4.69, 9.17) is 0 Å². The monoisotopic (exact) mass is 375 g/mol. The number of hydrogen-bond donors (Lipinski definition) is 0. The van der Waals surface area contributed by atoms with Crippen LogP contribution in [0.15, 0.2) is 0 Å². The highest BCUT2D eigenvalue weighted by molar-refractivity contribution is 7.96. The molecule has 0 aliphatic carbocycles. The highest BCUT2D eigenvalue weighted by atomic mass is 32.2. The van der Waals surface area contributed by atoms with Crippen molar-refractivity contribution in [1.82, 2.24) is 0 Å². The topological polar surface area (TPSA) is 0 Å². The first-order valence-electron chi connectivity index (χ1n) is 11.0. The van der Waals surface area contributed by atoms with Gasteiger partial charge in [0.1, 0.15) is 17.3 Å². The lowest BCUT2D eigenvalue weighted by atomic mass is 10.2. The van der Waals surface area contributed by atoms with Crippen molar-refractivity contribution in [2.24, 2.45) is 0 Å². The summed E-state index contributed by atoms with van der Waals surface area (Å²) in [6.07, 6.45) is 11.6. The van der Waals surface area contributed by atoms with Crippen LogP contribution in [0.25, 0.3) is 0 Å². The van der Waals surface area contributed by atoms with Crippen molar-refractivity contribution in [3.05, 3.63) is 0 Å². The van der Waals surface area contributed by atoms with E-state index < -0.39 is 0 Å². The van der Waals surface area contributed by atoms with Crippen LogP contribution in [0.1, 0.15) is 72.1 Å². The number of hydrogen-bond acceptors (Lipinski definition) is 0. The van der Waals surface area contributed by atoms with Crippen molar-refractivity contribution < 1.29 is 8.97 Å². The molecule has 0 N–H and O–H groups in total. The second-order valence-electron chi connectivity index (χ2n) is 9.09. The molecule has 0 aliphatic heterocycles. The van der Waals surface area contributed by atoms with E-state index in [1.807, 2.05) is 0 Å². The van der Waals surface area contributed by atoms with Gasteiger partial charge in [0, 0.05) is 0 Å². The summed E-state index contributed by atoms with van der Waals surface area (Å²) in [5.74, 6) is 4.42. The SMILES string of the molecule is CC[S+](CCCCCC[N+](C)(C)CC)CCCCCC[N+](C)(C)CC. The first-order chi connectivity index (χ1) is 11.8. The van der Waals surface area contributed by atoms with E-state index >= 15 is 0 Å². The summed E-state index contributed by atoms with van der Waals surface area (Å²) in [5.41, 5.74) is 0. The Morgan fingerprint density at radius 1 is 0.520 bits per heavy atom. The minimum Gasteiger partial charge on any atom is -0.329 e. The summed E-state index contributed by atoms with van der Waals surface area (Å²) in [5, 5.41) is 0. The van der Waals surface area contributed by atoms with Crippen LogP contribution in [-0.2, 0) is 10.9 Å². The molecule has 0 radical (unpaired) electrons. The van der Waals surface area contributed by atoms with Gasteiger partial charge >= 0.3 is 0 Å².